The quantitative estimate of drug-likeness (QED) is 0.175. The van der Waals surface area contributed by atoms with Crippen molar-refractivity contribution in [2.75, 3.05) is 0 Å². The van der Waals surface area contributed by atoms with Crippen LogP contribution in [0.1, 0.15) is 35.7 Å². The summed E-state index contributed by atoms with van der Waals surface area (Å²) in [6.07, 6.45) is 15.1. The fourth-order valence-electron chi connectivity index (χ4n) is 7.88. The van der Waals surface area contributed by atoms with Gasteiger partial charge in [-0.3, -0.25) is 0 Å². The van der Waals surface area contributed by atoms with E-state index in [1.54, 1.807) is 0 Å². The number of hydrogen-bond donors (Lipinski definition) is 0. The Morgan fingerprint density at radius 1 is 0.547 bits per heavy atom. The van der Waals surface area contributed by atoms with Crippen molar-refractivity contribution in [2.24, 2.45) is 0 Å². The molecule has 7 aromatic rings. The van der Waals surface area contributed by atoms with Gasteiger partial charge in [-0.25, -0.2) is 15.0 Å². The lowest BCUT2D eigenvalue weighted by molar-refractivity contribution is 0.271. The summed E-state index contributed by atoms with van der Waals surface area (Å²) < 4.78 is 6.42. The lowest BCUT2D eigenvalue weighted by atomic mass is 9.79. The number of aromatic nitrogens is 3. The molecule has 2 atom stereocenters. The van der Waals surface area contributed by atoms with E-state index < -0.39 is 0 Å². The highest BCUT2D eigenvalue weighted by molar-refractivity contribution is 5.99. The Morgan fingerprint density at radius 2 is 1.19 bits per heavy atom. The highest BCUT2D eigenvalue weighted by Gasteiger charge is 2.37. The van der Waals surface area contributed by atoms with Gasteiger partial charge in [0.2, 0.25) is 0 Å². The second-order valence-corrected chi connectivity index (χ2v) is 13.8. The van der Waals surface area contributed by atoms with Crippen LogP contribution in [0.5, 0.6) is 5.75 Å². The fourth-order valence-corrected chi connectivity index (χ4v) is 7.88. The molecule has 0 fully saturated rings. The van der Waals surface area contributed by atoms with Crippen LogP contribution in [0.4, 0.5) is 0 Å². The smallest absolute Gasteiger partial charge is 0.164 e. The van der Waals surface area contributed by atoms with E-state index in [2.05, 4.69) is 164 Å². The van der Waals surface area contributed by atoms with Gasteiger partial charge >= 0.3 is 0 Å². The molecule has 2 aliphatic carbocycles. The van der Waals surface area contributed by atoms with Gasteiger partial charge in [-0.1, -0.05) is 152 Å². The standard InChI is InChI=1S/C49H35N3O/c1-3-12-32(13-4-1)33-22-24-34(25-23-33)35-26-28-37(29-27-35)48-50-47(36-14-5-2-6-15-36)51-49(52-48)39-30-38-16-7-8-17-40(38)43(31-39)41-19-11-21-45-46(41)42-18-9-10-20-44(42)53-45/h1,3-5,7-31,45-46H,2,6H2. The maximum atomic E-state index is 6.42. The van der Waals surface area contributed by atoms with Gasteiger partial charge < -0.3 is 4.74 Å². The molecule has 0 amide bonds. The maximum absolute atomic E-state index is 6.42. The molecule has 0 saturated heterocycles. The molecule has 4 nitrogen and oxygen atoms in total. The number of fused-ring (bicyclic) bond motifs is 4. The summed E-state index contributed by atoms with van der Waals surface area (Å²) in [6.45, 7) is 0. The van der Waals surface area contributed by atoms with Crippen molar-refractivity contribution in [1.29, 1.82) is 0 Å². The number of benzene rings is 6. The van der Waals surface area contributed by atoms with Gasteiger partial charge in [-0.2, -0.15) is 0 Å². The molecule has 0 radical (unpaired) electrons. The first-order valence-electron chi connectivity index (χ1n) is 18.3. The van der Waals surface area contributed by atoms with E-state index in [1.807, 2.05) is 12.1 Å². The van der Waals surface area contributed by atoms with Gasteiger partial charge in [0.15, 0.2) is 17.5 Å². The molecule has 0 spiro atoms. The lowest BCUT2D eigenvalue weighted by Crippen LogP contribution is -2.19. The zero-order valence-electron chi connectivity index (χ0n) is 29.1. The van der Waals surface area contributed by atoms with Crippen LogP contribution in [-0.4, -0.2) is 21.1 Å². The monoisotopic (exact) mass is 681 g/mol. The molecule has 0 N–H and O–H groups in total. The van der Waals surface area contributed by atoms with E-state index in [4.69, 9.17) is 19.7 Å². The summed E-state index contributed by atoms with van der Waals surface area (Å²) in [5, 5.41) is 2.34. The molecule has 4 heteroatoms. The average molecular weight is 682 g/mol. The first kappa shape index (κ1) is 31.1. The van der Waals surface area contributed by atoms with Crippen molar-refractivity contribution in [2.45, 2.75) is 24.9 Å². The molecule has 0 saturated carbocycles. The summed E-state index contributed by atoms with van der Waals surface area (Å²) in [5.41, 5.74) is 11.3. The van der Waals surface area contributed by atoms with E-state index in [9.17, 15) is 0 Å². The number of para-hydroxylation sites is 1. The molecule has 10 rings (SSSR count). The van der Waals surface area contributed by atoms with Gasteiger partial charge in [-0.15, -0.1) is 0 Å². The summed E-state index contributed by atoms with van der Waals surface area (Å²) in [5.74, 6) is 3.06. The number of allylic oxidation sites excluding steroid dienone is 6. The summed E-state index contributed by atoms with van der Waals surface area (Å²) in [7, 11) is 0. The molecule has 6 aromatic carbocycles. The predicted octanol–water partition coefficient (Wildman–Crippen LogP) is 11.9. The van der Waals surface area contributed by atoms with Gasteiger partial charge in [0.05, 0.1) is 5.92 Å². The van der Waals surface area contributed by atoms with Crippen LogP contribution in [0.15, 0.2) is 176 Å². The maximum Gasteiger partial charge on any atom is 0.164 e. The first-order valence-corrected chi connectivity index (χ1v) is 18.3. The van der Waals surface area contributed by atoms with Crippen LogP contribution in [0.25, 0.3) is 66.9 Å². The summed E-state index contributed by atoms with van der Waals surface area (Å²) >= 11 is 0. The van der Waals surface area contributed by atoms with Gasteiger partial charge in [0.25, 0.3) is 0 Å². The van der Waals surface area contributed by atoms with Crippen molar-refractivity contribution in [3.05, 3.63) is 193 Å². The van der Waals surface area contributed by atoms with E-state index in [1.165, 1.54) is 38.8 Å². The molecule has 2 unspecified atom stereocenters. The molecule has 1 aromatic heterocycles. The van der Waals surface area contributed by atoms with Gasteiger partial charge in [-0.05, 0) is 81.3 Å². The zero-order valence-corrected chi connectivity index (χ0v) is 29.1. The predicted molar refractivity (Wildman–Crippen MR) is 216 cm³/mol. The second kappa shape index (κ2) is 13.2. The normalized spacial score (nSPS) is 17.1. The molecule has 252 valence electrons. The first-order chi connectivity index (χ1) is 26.2. The average Bonchev–Trinajstić information content (AvgIpc) is 3.63. The lowest BCUT2D eigenvalue weighted by Gasteiger charge is -2.24. The Hall–Kier alpha value is -6.65. The summed E-state index contributed by atoms with van der Waals surface area (Å²) in [4.78, 5) is 15.4. The number of ether oxygens (including phenoxy) is 1. The molecule has 53 heavy (non-hydrogen) atoms. The molecular formula is C49H35N3O. The minimum absolute atomic E-state index is 0.0417. The van der Waals surface area contributed by atoms with Crippen LogP contribution >= 0.6 is 0 Å². The molecule has 0 bridgehead atoms. The van der Waals surface area contributed by atoms with Crippen molar-refractivity contribution < 1.29 is 4.74 Å². The Kier molecular flexibility index (Phi) is 7.72. The van der Waals surface area contributed by atoms with Crippen LogP contribution in [-0.2, 0) is 0 Å². The molecule has 3 aliphatic rings. The SMILES string of the molecule is C1=CC2Oc3ccccc3C2C(c2cc(-c3nc(C4=CCCC=C4)nc(-c4ccc(-c5ccc(-c6ccccc6)cc5)cc4)n3)cc3ccccc23)=C1. The van der Waals surface area contributed by atoms with Gasteiger partial charge in [0.1, 0.15) is 11.9 Å². The van der Waals surface area contributed by atoms with E-state index >= 15 is 0 Å². The van der Waals surface area contributed by atoms with Crippen LogP contribution < -0.4 is 4.74 Å². The Balaban J connectivity index is 1.06. The van der Waals surface area contributed by atoms with Gasteiger partial charge in [0, 0.05) is 22.3 Å². The number of rotatable bonds is 6. The van der Waals surface area contributed by atoms with E-state index in [0.29, 0.717) is 17.5 Å². The third-order valence-corrected chi connectivity index (χ3v) is 10.5. The second-order valence-electron chi connectivity index (χ2n) is 13.8. The van der Waals surface area contributed by atoms with Crippen molar-refractivity contribution in [3.63, 3.8) is 0 Å². The minimum Gasteiger partial charge on any atom is -0.485 e. The fraction of sp³-hybridized carbons (Fsp3) is 0.0816. The summed E-state index contributed by atoms with van der Waals surface area (Å²) in [6, 6.07) is 49.3. The molecule has 1 aliphatic heterocycles. The van der Waals surface area contributed by atoms with Crippen molar-refractivity contribution in [3.8, 4) is 50.8 Å². The molecule has 2 heterocycles. The minimum atomic E-state index is -0.0417. The van der Waals surface area contributed by atoms with Crippen LogP contribution in [0, 0.1) is 0 Å². The Morgan fingerprint density at radius 3 is 1.94 bits per heavy atom. The van der Waals surface area contributed by atoms with Crippen LogP contribution in [0.2, 0.25) is 0 Å². The molecular weight excluding hydrogens is 647 g/mol. The van der Waals surface area contributed by atoms with E-state index in [0.717, 1.165) is 46.2 Å². The number of nitrogens with zero attached hydrogens (tertiary/aromatic N) is 3. The Bertz CT molecular complexity index is 2630. The highest BCUT2D eigenvalue weighted by atomic mass is 16.5. The van der Waals surface area contributed by atoms with Crippen molar-refractivity contribution >= 4 is 21.9 Å². The number of hydrogen-bond acceptors (Lipinski definition) is 4. The van der Waals surface area contributed by atoms with E-state index in [-0.39, 0.29) is 12.0 Å². The third kappa shape index (κ3) is 5.79. The third-order valence-electron chi connectivity index (χ3n) is 10.5. The van der Waals surface area contributed by atoms with Crippen molar-refractivity contribution in [1.82, 2.24) is 15.0 Å². The topological polar surface area (TPSA) is 47.9 Å². The van der Waals surface area contributed by atoms with Crippen LogP contribution in [0.3, 0.4) is 0 Å². The highest BCUT2D eigenvalue weighted by Crippen LogP contribution is 2.49. The Labute approximate surface area is 309 Å². The zero-order chi connectivity index (χ0) is 35.1. The largest absolute Gasteiger partial charge is 0.485 e.